The Morgan fingerprint density at radius 3 is 2.70 bits per heavy atom. The monoisotopic (exact) mass is 339 g/mol. The van der Waals surface area contributed by atoms with Gasteiger partial charge >= 0.3 is 0 Å². The van der Waals surface area contributed by atoms with Gasteiger partial charge in [0.05, 0.1) is 12.1 Å². The third-order valence-electron chi connectivity index (χ3n) is 3.77. The number of thioether (sulfide) groups is 1. The maximum absolute atomic E-state index is 12.4. The number of nitrogens with zero attached hydrogens (tertiary/aromatic N) is 3. The van der Waals surface area contributed by atoms with Gasteiger partial charge < -0.3 is 14.2 Å². The van der Waals surface area contributed by atoms with Crippen LogP contribution in [-0.4, -0.2) is 58.4 Å². The number of rotatable bonds is 4. The number of carbonyl (C=O) groups is 2. The Morgan fingerprint density at radius 2 is 2.13 bits per heavy atom. The first-order valence-electron chi connectivity index (χ1n) is 7.73. The Hall–Kier alpha value is -1.50. The summed E-state index contributed by atoms with van der Waals surface area (Å²) in [6.07, 6.45) is 2.49. The van der Waals surface area contributed by atoms with Gasteiger partial charge in [-0.05, 0) is 0 Å². The fourth-order valence-corrected chi connectivity index (χ4v) is 3.49. The van der Waals surface area contributed by atoms with E-state index in [2.05, 4.69) is 25.8 Å². The molecule has 2 heterocycles. The molecule has 0 spiro atoms. The molecule has 0 aliphatic carbocycles. The molecule has 0 aromatic carbocycles. The summed E-state index contributed by atoms with van der Waals surface area (Å²) in [6, 6.07) is -0.350. The number of oxazole rings is 1. The van der Waals surface area contributed by atoms with Gasteiger partial charge in [-0.1, -0.05) is 20.8 Å². The number of likely N-dealkylation sites (N-methyl/N-ethyl adjacent to an activating group) is 1. The third kappa shape index (κ3) is 4.28. The van der Waals surface area contributed by atoms with E-state index in [1.165, 1.54) is 0 Å². The number of aromatic nitrogens is 1. The first-order chi connectivity index (χ1) is 10.7. The van der Waals surface area contributed by atoms with E-state index in [1.807, 2.05) is 0 Å². The Morgan fingerprint density at radius 1 is 1.43 bits per heavy atom. The molecule has 1 saturated heterocycles. The first kappa shape index (κ1) is 17.8. The molecular formula is C16H25N3O3S. The number of carbonyl (C=O) groups excluding carboxylic acids is 2. The van der Waals surface area contributed by atoms with Crippen LogP contribution in [0.4, 0.5) is 0 Å². The van der Waals surface area contributed by atoms with Gasteiger partial charge in [0.1, 0.15) is 11.8 Å². The molecule has 1 aromatic heterocycles. The Kier molecular flexibility index (Phi) is 5.39. The van der Waals surface area contributed by atoms with Crippen molar-refractivity contribution in [2.75, 3.05) is 25.7 Å². The van der Waals surface area contributed by atoms with E-state index >= 15 is 0 Å². The van der Waals surface area contributed by atoms with Crippen LogP contribution in [-0.2, 0) is 21.4 Å². The molecular weight excluding hydrogens is 314 g/mol. The average molecular weight is 339 g/mol. The van der Waals surface area contributed by atoms with Crippen LogP contribution in [0.15, 0.2) is 10.6 Å². The van der Waals surface area contributed by atoms with Crippen LogP contribution in [0.25, 0.3) is 0 Å². The molecule has 128 valence electrons. The van der Waals surface area contributed by atoms with Gasteiger partial charge in [0.15, 0.2) is 5.89 Å². The van der Waals surface area contributed by atoms with Gasteiger partial charge in [0.2, 0.25) is 11.8 Å². The van der Waals surface area contributed by atoms with Crippen LogP contribution in [0.2, 0.25) is 0 Å². The SMILES string of the molecule is CN(C)C(=O)C1CSCN1C(=O)CCc1ncc(C(C)(C)C)o1. The summed E-state index contributed by atoms with van der Waals surface area (Å²) in [5.74, 6) is 2.58. The molecule has 7 heteroatoms. The smallest absolute Gasteiger partial charge is 0.245 e. The number of hydrogen-bond donors (Lipinski definition) is 0. The van der Waals surface area contributed by atoms with Crippen LogP contribution in [0.1, 0.15) is 38.8 Å². The lowest BCUT2D eigenvalue weighted by molar-refractivity contribution is -0.141. The van der Waals surface area contributed by atoms with Crippen molar-refractivity contribution in [1.29, 1.82) is 0 Å². The van der Waals surface area contributed by atoms with Crippen LogP contribution < -0.4 is 0 Å². The highest BCUT2D eigenvalue weighted by molar-refractivity contribution is 7.99. The van der Waals surface area contributed by atoms with Gasteiger partial charge in [0, 0.05) is 38.1 Å². The normalized spacial score (nSPS) is 18.3. The molecule has 0 radical (unpaired) electrons. The van der Waals surface area contributed by atoms with Crippen molar-refractivity contribution in [3.63, 3.8) is 0 Å². The summed E-state index contributed by atoms with van der Waals surface area (Å²) in [4.78, 5) is 32.0. The first-order valence-corrected chi connectivity index (χ1v) is 8.89. The molecule has 1 unspecified atom stereocenters. The number of aryl methyl sites for hydroxylation is 1. The zero-order valence-electron chi connectivity index (χ0n) is 14.5. The van der Waals surface area contributed by atoms with Crippen molar-refractivity contribution in [3.8, 4) is 0 Å². The molecule has 23 heavy (non-hydrogen) atoms. The Balaban J connectivity index is 1.94. The minimum Gasteiger partial charge on any atom is -0.445 e. The van der Waals surface area contributed by atoms with E-state index in [4.69, 9.17) is 4.42 Å². The summed E-state index contributed by atoms with van der Waals surface area (Å²) >= 11 is 1.61. The zero-order valence-corrected chi connectivity index (χ0v) is 15.3. The largest absolute Gasteiger partial charge is 0.445 e. The molecule has 0 bridgehead atoms. The standard InChI is InChI=1S/C16H25N3O3S/c1-16(2,3)12-8-17-13(22-12)6-7-14(20)19-10-23-9-11(19)15(21)18(4)5/h8,11H,6-7,9-10H2,1-5H3. The molecule has 6 nitrogen and oxygen atoms in total. The van der Waals surface area contributed by atoms with Gasteiger partial charge in [-0.25, -0.2) is 4.98 Å². The van der Waals surface area contributed by atoms with Crippen molar-refractivity contribution in [2.45, 2.75) is 45.1 Å². The Bertz CT molecular complexity index is 577. The quantitative estimate of drug-likeness (QED) is 0.838. The van der Waals surface area contributed by atoms with Gasteiger partial charge in [-0.2, -0.15) is 0 Å². The Labute approximate surface area is 141 Å². The lowest BCUT2D eigenvalue weighted by atomic mass is 9.94. The third-order valence-corrected chi connectivity index (χ3v) is 4.79. The molecule has 0 N–H and O–H groups in total. The highest BCUT2D eigenvalue weighted by Gasteiger charge is 2.35. The maximum atomic E-state index is 12.4. The van der Waals surface area contributed by atoms with Gasteiger partial charge in [-0.3, -0.25) is 9.59 Å². The predicted molar refractivity (Wildman–Crippen MR) is 90.2 cm³/mol. The molecule has 2 amide bonds. The second kappa shape index (κ2) is 6.95. The van der Waals surface area contributed by atoms with E-state index in [9.17, 15) is 9.59 Å². The van der Waals surface area contributed by atoms with Crippen molar-refractivity contribution >= 4 is 23.6 Å². The lowest BCUT2D eigenvalue weighted by Gasteiger charge is -2.25. The highest BCUT2D eigenvalue weighted by atomic mass is 32.2. The fourth-order valence-electron chi connectivity index (χ4n) is 2.32. The van der Waals surface area contributed by atoms with Crippen molar-refractivity contribution in [1.82, 2.24) is 14.8 Å². The second-order valence-corrected chi connectivity index (χ2v) is 7.98. The number of hydrogen-bond acceptors (Lipinski definition) is 5. The zero-order chi connectivity index (χ0) is 17.2. The summed E-state index contributed by atoms with van der Waals surface area (Å²) in [6.45, 7) is 6.17. The van der Waals surface area contributed by atoms with Crippen LogP contribution in [0.5, 0.6) is 0 Å². The second-order valence-electron chi connectivity index (χ2n) is 6.98. The minimum atomic E-state index is -0.350. The molecule has 1 aliphatic heterocycles. The van der Waals surface area contributed by atoms with E-state index in [0.717, 1.165) is 5.76 Å². The van der Waals surface area contributed by atoms with Gasteiger partial charge in [-0.15, -0.1) is 11.8 Å². The molecule has 1 atom stereocenters. The molecule has 1 aliphatic rings. The van der Waals surface area contributed by atoms with E-state index in [-0.39, 0.29) is 23.3 Å². The average Bonchev–Trinajstić information content (AvgIpc) is 3.12. The van der Waals surface area contributed by atoms with Crippen LogP contribution in [0.3, 0.4) is 0 Å². The van der Waals surface area contributed by atoms with Crippen molar-refractivity contribution in [3.05, 3.63) is 17.8 Å². The lowest BCUT2D eigenvalue weighted by Crippen LogP contribution is -2.46. The fraction of sp³-hybridized carbons (Fsp3) is 0.688. The van der Waals surface area contributed by atoms with Crippen LogP contribution >= 0.6 is 11.8 Å². The summed E-state index contributed by atoms with van der Waals surface area (Å²) in [7, 11) is 3.43. The molecule has 1 fully saturated rings. The van der Waals surface area contributed by atoms with Gasteiger partial charge in [0.25, 0.3) is 0 Å². The van der Waals surface area contributed by atoms with Crippen molar-refractivity contribution in [2.24, 2.45) is 0 Å². The molecule has 0 saturated carbocycles. The molecule has 1 aromatic rings. The summed E-state index contributed by atoms with van der Waals surface area (Å²) in [5, 5.41) is 0. The number of amides is 2. The van der Waals surface area contributed by atoms with E-state index in [1.54, 1.807) is 41.9 Å². The van der Waals surface area contributed by atoms with E-state index < -0.39 is 0 Å². The molecule has 2 rings (SSSR count). The summed E-state index contributed by atoms with van der Waals surface area (Å²) < 4.78 is 5.71. The van der Waals surface area contributed by atoms with Crippen molar-refractivity contribution < 1.29 is 14.0 Å². The highest BCUT2D eigenvalue weighted by Crippen LogP contribution is 2.25. The topological polar surface area (TPSA) is 66.7 Å². The maximum Gasteiger partial charge on any atom is 0.245 e. The van der Waals surface area contributed by atoms with Crippen LogP contribution in [0, 0.1) is 0 Å². The minimum absolute atomic E-state index is 0.0190. The predicted octanol–water partition coefficient (Wildman–Crippen LogP) is 1.89. The van der Waals surface area contributed by atoms with E-state index in [0.29, 0.717) is 30.4 Å². The summed E-state index contributed by atoms with van der Waals surface area (Å²) in [5.41, 5.74) is -0.0932.